The summed E-state index contributed by atoms with van der Waals surface area (Å²) in [4.78, 5) is 33.3. The number of rotatable bonds is 8. The number of thiophene rings is 1. The van der Waals surface area contributed by atoms with Gasteiger partial charge in [-0.2, -0.15) is 0 Å². The van der Waals surface area contributed by atoms with Gasteiger partial charge in [0.2, 0.25) is 5.91 Å². The second-order valence-electron chi connectivity index (χ2n) is 9.26. The number of carbonyl (C=O) groups is 2. The Morgan fingerprint density at radius 3 is 2.69 bits per heavy atom. The van der Waals surface area contributed by atoms with Gasteiger partial charge in [-0.3, -0.25) is 9.69 Å². The van der Waals surface area contributed by atoms with Gasteiger partial charge in [-0.1, -0.05) is 0 Å². The molecule has 0 spiro atoms. The van der Waals surface area contributed by atoms with Crippen molar-refractivity contribution in [1.29, 1.82) is 0 Å². The number of hydrogen-bond donors (Lipinski definition) is 3. The molecule has 0 aromatic carbocycles. The van der Waals surface area contributed by atoms with Crippen molar-refractivity contribution in [1.82, 2.24) is 20.0 Å². The summed E-state index contributed by atoms with van der Waals surface area (Å²) >= 11 is 1.59. The molecule has 0 radical (unpaired) electrons. The van der Waals surface area contributed by atoms with E-state index in [1.54, 1.807) is 18.4 Å². The number of urea groups is 1. The Morgan fingerprint density at radius 1 is 1.25 bits per heavy atom. The van der Waals surface area contributed by atoms with Crippen LogP contribution in [-0.2, 0) is 22.4 Å². The highest BCUT2D eigenvalue weighted by atomic mass is 32.1. The van der Waals surface area contributed by atoms with Crippen LogP contribution in [0.4, 0.5) is 15.5 Å². The van der Waals surface area contributed by atoms with Gasteiger partial charge in [0.1, 0.15) is 5.00 Å². The van der Waals surface area contributed by atoms with Crippen LogP contribution in [0.2, 0.25) is 0 Å². The quantitative estimate of drug-likeness (QED) is 0.491. The Balaban J connectivity index is 1.70. The lowest BCUT2D eigenvalue weighted by atomic mass is 9.74. The Morgan fingerprint density at radius 2 is 2.00 bits per heavy atom. The maximum absolute atomic E-state index is 13.5. The van der Waals surface area contributed by atoms with Crippen LogP contribution >= 0.6 is 11.3 Å². The van der Waals surface area contributed by atoms with Crippen molar-refractivity contribution < 1.29 is 14.3 Å². The number of likely N-dealkylation sites (tertiary alicyclic amines) is 1. The molecule has 1 fully saturated rings. The molecule has 3 rings (SSSR count). The maximum atomic E-state index is 13.5. The summed E-state index contributed by atoms with van der Waals surface area (Å²) in [5.74, 6) is 0.00337. The number of amides is 3. The smallest absolute Gasteiger partial charge is 0.324 e. The van der Waals surface area contributed by atoms with E-state index in [1.807, 2.05) is 19.0 Å². The van der Waals surface area contributed by atoms with Crippen molar-refractivity contribution in [3.8, 4) is 0 Å². The minimum Gasteiger partial charge on any atom is -0.396 e. The number of carbonyl (C=O) groups excluding carboxylic acids is 2. The molecule has 10 heteroatoms. The number of imide groups is 1. The molecule has 0 unspecified atom stereocenters. The Bertz CT molecular complexity index is 814. The molecule has 5 N–H and O–H groups in total. The van der Waals surface area contributed by atoms with Gasteiger partial charge in [-0.05, 0) is 58.3 Å². The zero-order valence-electron chi connectivity index (χ0n) is 19.7. The van der Waals surface area contributed by atoms with Gasteiger partial charge in [-0.25, -0.2) is 4.79 Å². The summed E-state index contributed by atoms with van der Waals surface area (Å²) in [6.45, 7) is 2.72. The Hall–Kier alpha value is -1.88. The summed E-state index contributed by atoms with van der Waals surface area (Å²) in [7, 11) is 7.60. The second kappa shape index (κ2) is 10.8. The monoisotopic (exact) mass is 466 g/mol. The van der Waals surface area contributed by atoms with Crippen molar-refractivity contribution in [2.45, 2.75) is 31.7 Å². The van der Waals surface area contributed by atoms with Crippen LogP contribution in [0.25, 0.3) is 0 Å². The second-order valence-corrected chi connectivity index (χ2v) is 10.4. The van der Waals surface area contributed by atoms with Gasteiger partial charge in [0.25, 0.3) is 0 Å². The van der Waals surface area contributed by atoms with Crippen LogP contribution in [0.1, 0.15) is 23.3 Å². The van der Waals surface area contributed by atoms with Crippen molar-refractivity contribution >= 4 is 34.0 Å². The van der Waals surface area contributed by atoms with E-state index in [2.05, 4.69) is 17.3 Å². The number of ether oxygens (including phenoxy) is 1. The van der Waals surface area contributed by atoms with E-state index in [0.717, 1.165) is 31.4 Å². The van der Waals surface area contributed by atoms with E-state index >= 15 is 0 Å². The maximum Gasteiger partial charge on any atom is 0.324 e. The van der Waals surface area contributed by atoms with Gasteiger partial charge in [0.05, 0.1) is 11.6 Å². The molecule has 1 aromatic heterocycles. The van der Waals surface area contributed by atoms with Gasteiger partial charge in [0.15, 0.2) is 0 Å². The summed E-state index contributed by atoms with van der Waals surface area (Å²) in [6, 6.07) is 0.0540. The average molecular weight is 467 g/mol. The van der Waals surface area contributed by atoms with Crippen LogP contribution in [0.15, 0.2) is 0 Å². The number of nitrogens with zero attached hydrogens (tertiary/aromatic N) is 3. The van der Waals surface area contributed by atoms with Crippen molar-refractivity contribution in [2.24, 2.45) is 11.8 Å². The topological polar surface area (TPSA) is 117 Å². The zero-order chi connectivity index (χ0) is 23.4. The number of hydrogen-bond acceptors (Lipinski definition) is 8. The number of nitrogens with one attached hydrogen (secondary N) is 1. The van der Waals surface area contributed by atoms with Crippen molar-refractivity contribution in [3.05, 3.63) is 10.4 Å². The first kappa shape index (κ1) is 24.8. The summed E-state index contributed by atoms with van der Waals surface area (Å²) in [5, 5.41) is 3.59. The SMILES string of the molecule is COCCCN(C(=O)NCCN(C)C)C(=O)[C@@H]1C[C@@H]2Cc3c(sc(N)c3N)C[C@H]2N(C)C1. The molecule has 2 aliphatic rings. The molecule has 2 heterocycles. The minimum atomic E-state index is -0.321. The molecule has 1 aliphatic carbocycles. The fourth-order valence-corrected chi connectivity index (χ4v) is 6.00. The molecule has 1 aliphatic heterocycles. The van der Waals surface area contributed by atoms with Crippen LogP contribution in [0, 0.1) is 11.8 Å². The number of anilines is 2. The average Bonchev–Trinajstić information content (AvgIpc) is 3.02. The van der Waals surface area contributed by atoms with Gasteiger partial charge >= 0.3 is 6.03 Å². The van der Waals surface area contributed by atoms with E-state index in [0.29, 0.717) is 55.3 Å². The summed E-state index contributed by atoms with van der Waals surface area (Å²) in [5.41, 5.74) is 14.2. The number of nitrogens with two attached hydrogens (primary N) is 2. The summed E-state index contributed by atoms with van der Waals surface area (Å²) in [6.07, 6.45) is 3.14. The number of methoxy groups -OCH3 is 1. The third-order valence-corrected chi connectivity index (χ3v) is 7.75. The number of fused-ring (bicyclic) bond motifs is 2. The lowest BCUT2D eigenvalue weighted by Crippen LogP contribution is -2.55. The fraction of sp³-hybridized carbons (Fsp3) is 0.727. The highest BCUT2D eigenvalue weighted by Crippen LogP contribution is 2.44. The first-order valence-corrected chi connectivity index (χ1v) is 12.1. The minimum absolute atomic E-state index is 0.0997. The molecule has 3 atom stereocenters. The van der Waals surface area contributed by atoms with E-state index in [4.69, 9.17) is 16.2 Å². The molecular formula is C22H38N6O3S. The lowest BCUT2D eigenvalue weighted by Gasteiger charge is -2.45. The molecule has 1 saturated heterocycles. The third kappa shape index (κ3) is 5.54. The number of nitrogen functional groups attached to an aromatic ring is 2. The van der Waals surface area contributed by atoms with Gasteiger partial charge in [0, 0.05) is 50.8 Å². The standard InChI is InChI=1S/C22H38N6O3S/c1-26(2)8-6-25-22(30)28(7-5-9-31-4)21(29)15-10-14-11-16-18(32-20(24)19(16)23)12-17(14)27(3)13-15/h14-15,17H,5-13,23-24H2,1-4H3,(H,25,30)/t14-,15-,17-/m1/s1. The first-order valence-electron chi connectivity index (χ1n) is 11.3. The Labute approximate surface area is 195 Å². The molecule has 0 bridgehead atoms. The van der Waals surface area contributed by atoms with Crippen LogP contribution < -0.4 is 16.8 Å². The van der Waals surface area contributed by atoms with Crippen LogP contribution in [0.3, 0.4) is 0 Å². The number of piperidine rings is 1. The van der Waals surface area contributed by atoms with E-state index < -0.39 is 0 Å². The molecule has 32 heavy (non-hydrogen) atoms. The van der Waals surface area contributed by atoms with E-state index in [-0.39, 0.29) is 17.9 Å². The summed E-state index contributed by atoms with van der Waals surface area (Å²) < 4.78 is 5.14. The normalized spacial score (nSPS) is 23.0. The molecule has 9 nitrogen and oxygen atoms in total. The van der Waals surface area contributed by atoms with Gasteiger partial charge < -0.3 is 31.3 Å². The van der Waals surface area contributed by atoms with Crippen molar-refractivity contribution in [2.75, 3.05) is 72.5 Å². The number of likely N-dealkylation sites (N-methyl/N-ethyl adjacent to an activating group) is 2. The van der Waals surface area contributed by atoms with E-state index in [9.17, 15) is 9.59 Å². The zero-order valence-corrected chi connectivity index (χ0v) is 20.5. The molecule has 1 aromatic rings. The van der Waals surface area contributed by atoms with Crippen LogP contribution in [-0.4, -0.2) is 93.7 Å². The lowest BCUT2D eigenvalue weighted by molar-refractivity contribution is -0.136. The molecule has 3 amide bonds. The molecule has 0 saturated carbocycles. The molecule has 180 valence electrons. The van der Waals surface area contributed by atoms with Gasteiger partial charge in [-0.15, -0.1) is 11.3 Å². The van der Waals surface area contributed by atoms with Crippen LogP contribution in [0.5, 0.6) is 0 Å². The highest BCUT2D eigenvalue weighted by molar-refractivity contribution is 7.16. The first-order chi connectivity index (χ1) is 15.2. The predicted octanol–water partition coefficient (Wildman–Crippen LogP) is 1.08. The Kier molecular flexibility index (Phi) is 8.37. The van der Waals surface area contributed by atoms with Crippen molar-refractivity contribution in [3.63, 3.8) is 0 Å². The third-order valence-electron chi connectivity index (χ3n) is 6.65. The fourth-order valence-electron chi connectivity index (χ4n) is 4.93. The predicted molar refractivity (Wildman–Crippen MR) is 129 cm³/mol. The largest absolute Gasteiger partial charge is 0.396 e. The van der Waals surface area contributed by atoms with E-state index in [1.165, 1.54) is 9.78 Å². The molecular weight excluding hydrogens is 428 g/mol. The highest BCUT2D eigenvalue weighted by Gasteiger charge is 2.42.